The van der Waals surface area contributed by atoms with Crippen molar-refractivity contribution >= 4 is 6.09 Å². The topological polar surface area (TPSA) is 39.9 Å². The van der Waals surface area contributed by atoms with Crippen LogP contribution in [0.15, 0.2) is 0 Å². The van der Waals surface area contributed by atoms with Gasteiger partial charge in [-0.1, -0.05) is 0 Å². The highest BCUT2D eigenvalue weighted by Gasteiger charge is 2.26. The fourth-order valence-electron chi connectivity index (χ4n) is 0.455. The molecule has 1 heterocycles. The predicted octanol–water partition coefficient (Wildman–Crippen LogP) is 0.484. The van der Waals surface area contributed by atoms with Crippen LogP contribution < -0.4 is 0 Å². The summed E-state index contributed by atoms with van der Waals surface area (Å²) in [5.74, 6) is 0. The maximum Gasteiger partial charge on any atom is 0.728 e. The Morgan fingerprint density at radius 3 is 2.78 bits per heavy atom. The zero-order chi connectivity index (χ0) is 6.69. The Morgan fingerprint density at radius 1 is 1.78 bits per heavy atom. The third-order valence-corrected chi connectivity index (χ3v) is 0.980. The molecule has 0 saturated carbocycles. The summed E-state index contributed by atoms with van der Waals surface area (Å²) >= 11 is 0. The van der Waals surface area contributed by atoms with Crippen LogP contribution in [0, 0.1) is 6.57 Å². The summed E-state index contributed by atoms with van der Waals surface area (Å²) in [5.41, 5.74) is 0. The Labute approximate surface area is 52.2 Å². The summed E-state index contributed by atoms with van der Waals surface area (Å²) in [4.78, 5) is 13.0. The number of hydrogen-bond acceptors (Lipinski definition) is 3. The molecule has 1 aliphatic rings. The van der Waals surface area contributed by atoms with Crippen molar-refractivity contribution < 1.29 is 14.3 Å². The average Bonchev–Trinajstić information content (AvgIpc) is 1.78. The van der Waals surface area contributed by atoms with Crippen LogP contribution in [-0.4, -0.2) is 25.4 Å². The van der Waals surface area contributed by atoms with Gasteiger partial charge in [-0.05, 0) is 0 Å². The van der Waals surface area contributed by atoms with Crippen LogP contribution in [0.5, 0.6) is 0 Å². The molecule has 0 aliphatic carbocycles. The molecule has 9 heavy (non-hydrogen) atoms. The maximum atomic E-state index is 10.2. The van der Waals surface area contributed by atoms with Gasteiger partial charge in [-0.15, -0.1) is 0 Å². The largest absolute Gasteiger partial charge is 0.728 e. The number of nitrogens with zero attached hydrogens (tertiary/aromatic N) is 1. The van der Waals surface area contributed by atoms with Gasteiger partial charge in [0, 0.05) is 0 Å². The lowest BCUT2D eigenvalue weighted by molar-refractivity contribution is -0.0943. The highest BCUT2D eigenvalue weighted by Crippen LogP contribution is 2.05. The van der Waals surface area contributed by atoms with E-state index in [9.17, 15) is 4.79 Å². The normalized spacial score (nSPS) is 17.7. The van der Waals surface area contributed by atoms with Crippen LogP contribution in [-0.2, 0) is 9.47 Å². The van der Waals surface area contributed by atoms with Gasteiger partial charge in [-0.2, -0.15) is 4.79 Å². The molecule has 1 fully saturated rings. The third kappa shape index (κ3) is 1.40. The van der Waals surface area contributed by atoms with Crippen LogP contribution in [0.2, 0.25) is 0 Å². The lowest BCUT2D eigenvalue weighted by Crippen LogP contribution is -2.36. The molecule has 0 bridgehead atoms. The third-order valence-electron chi connectivity index (χ3n) is 0.980. The van der Waals surface area contributed by atoms with E-state index in [1.807, 2.05) is 0 Å². The minimum absolute atomic E-state index is 0.134. The van der Waals surface area contributed by atoms with Crippen molar-refractivity contribution in [3.8, 4) is 6.57 Å². The van der Waals surface area contributed by atoms with Crippen molar-refractivity contribution in [2.24, 2.45) is 0 Å². The maximum absolute atomic E-state index is 10.2. The van der Waals surface area contributed by atoms with E-state index in [2.05, 4.69) is 16.2 Å². The van der Waals surface area contributed by atoms with Crippen LogP contribution in [0.4, 0.5) is 4.79 Å². The Kier molecular flexibility index (Phi) is 1.66. The minimum Gasteiger partial charge on any atom is -0.390 e. The van der Waals surface area contributed by atoms with E-state index in [0.29, 0.717) is 13.2 Å². The predicted molar refractivity (Wildman–Crippen MR) is 29.4 cm³/mol. The standard InChI is InChI=1S/C5H6NO3/c1-6-5(7)9-4-2-8-3-4/h1,4H,2-3H2/q+1. The SMILES string of the molecule is C#[N+]C(=O)OC1COC1. The van der Waals surface area contributed by atoms with E-state index < -0.39 is 6.09 Å². The number of carbonyl (C=O) groups excluding carboxylic acids is 1. The minimum atomic E-state index is -0.733. The Bertz CT molecular complexity index is 156. The molecule has 0 spiro atoms. The lowest BCUT2D eigenvalue weighted by Gasteiger charge is -2.21. The molecule has 0 atom stereocenters. The quantitative estimate of drug-likeness (QED) is 0.515. The van der Waals surface area contributed by atoms with E-state index in [-0.39, 0.29) is 6.10 Å². The molecule has 1 aliphatic heterocycles. The lowest BCUT2D eigenvalue weighted by atomic mass is 10.3. The summed E-state index contributed by atoms with van der Waals surface area (Å²) in [6, 6.07) is 0. The molecule has 4 heteroatoms. The first kappa shape index (κ1) is 6.05. The second-order valence-electron chi connectivity index (χ2n) is 1.67. The van der Waals surface area contributed by atoms with Crippen LogP contribution in [0.3, 0.4) is 0 Å². The summed E-state index contributed by atoms with van der Waals surface area (Å²) in [6.07, 6.45) is -0.868. The molecule has 0 N–H and O–H groups in total. The summed E-state index contributed by atoms with van der Waals surface area (Å²) in [5, 5.41) is 0. The van der Waals surface area contributed by atoms with Crippen molar-refractivity contribution in [3.63, 3.8) is 0 Å². The number of rotatable bonds is 1. The number of carbonyl (C=O) groups is 1. The van der Waals surface area contributed by atoms with Gasteiger partial charge in [-0.3, -0.25) is 0 Å². The van der Waals surface area contributed by atoms with Gasteiger partial charge in [-0.25, -0.2) is 0 Å². The van der Waals surface area contributed by atoms with Gasteiger partial charge >= 0.3 is 6.09 Å². The number of ether oxygens (including phenoxy) is 2. The van der Waals surface area contributed by atoms with Crippen LogP contribution in [0.1, 0.15) is 0 Å². The van der Waals surface area contributed by atoms with Crippen LogP contribution >= 0.6 is 0 Å². The molecule has 1 rings (SSSR count). The molecule has 1 amide bonds. The smallest absolute Gasteiger partial charge is 0.390 e. The van der Waals surface area contributed by atoms with E-state index in [4.69, 9.17) is 4.74 Å². The van der Waals surface area contributed by atoms with Gasteiger partial charge < -0.3 is 9.47 Å². The molecule has 4 nitrogen and oxygen atoms in total. The molecule has 0 aromatic heterocycles. The molecular weight excluding hydrogens is 122 g/mol. The van der Waals surface area contributed by atoms with Gasteiger partial charge in [0.1, 0.15) is 0 Å². The number of hydrogen-bond donors (Lipinski definition) is 0. The first-order valence-electron chi connectivity index (χ1n) is 2.52. The van der Waals surface area contributed by atoms with Gasteiger partial charge in [0.25, 0.3) is 6.57 Å². The van der Waals surface area contributed by atoms with E-state index in [0.717, 1.165) is 0 Å². The first-order valence-corrected chi connectivity index (χ1v) is 2.52. The fourth-order valence-corrected chi connectivity index (χ4v) is 0.455. The highest BCUT2D eigenvalue weighted by molar-refractivity contribution is 5.78. The molecule has 48 valence electrons. The summed E-state index contributed by atoms with van der Waals surface area (Å²) in [6.45, 7) is 5.53. The Morgan fingerprint density at radius 2 is 2.44 bits per heavy atom. The van der Waals surface area contributed by atoms with Crippen molar-refractivity contribution in [2.45, 2.75) is 6.10 Å². The molecule has 1 saturated heterocycles. The number of amides is 1. The fraction of sp³-hybridized carbons (Fsp3) is 0.600. The van der Waals surface area contributed by atoms with Crippen molar-refractivity contribution in [2.75, 3.05) is 13.2 Å². The Balaban J connectivity index is 2.18. The summed E-state index contributed by atoms with van der Waals surface area (Å²) in [7, 11) is 0. The zero-order valence-electron chi connectivity index (χ0n) is 4.74. The second-order valence-corrected chi connectivity index (χ2v) is 1.67. The van der Waals surface area contributed by atoms with Crippen molar-refractivity contribution in [1.29, 1.82) is 0 Å². The highest BCUT2D eigenvalue weighted by atomic mass is 16.6. The van der Waals surface area contributed by atoms with Crippen molar-refractivity contribution in [3.05, 3.63) is 4.85 Å². The molecule has 0 unspecified atom stereocenters. The zero-order valence-corrected chi connectivity index (χ0v) is 4.74. The van der Waals surface area contributed by atoms with Crippen molar-refractivity contribution in [1.82, 2.24) is 0 Å². The molecule has 0 aromatic rings. The molecule has 0 aromatic carbocycles. The Hall–Kier alpha value is -1.08. The van der Waals surface area contributed by atoms with E-state index in [1.54, 1.807) is 0 Å². The van der Waals surface area contributed by atoms with Gasteiger partial charge in [0.05, 0.1) is 18.1 Å². The van der Waals surface area contributed by atoms with E-state index >= 15 is 0 Å². The van der Waals surface area contributed by atoms with E-state index in [1.165, 1.54) is 0 Å². The first-order chi connectivity index (χ1) is 4.33. The molecule has 0 radical (unpaired) electrons. The van der Waals surface area contributed by atoms with Crippen LogP contribution in [0.25, 0.3) is 4.85 Å². The van der Waals surface area contributed by atoms with Gasteiger partial charge in [0.15, 0.2) is 6.10 Å². The monoisotopic (exact) mass is 128 g/mol. The molecular formula is C5H6NO3+. The summed E-state index contributed by atoms with van der Waals surface area (Å²) < 4.78 is 9.30. The second kappa shape index (κ2) is 2.46. The average molecular weight is 128 g/mol. The van der Waals surface area contributed by atoms with Gasteiger partial charge in [0.2, 0.25) is 0 Å².